The molecule has 0 spiro atoms. The summed E-state index contributed by atoms with van der Waals surface area (Å²) < 4.78 is 21.0. The van der Waals surface area contributed by atoms with E-state index in [9.17, 15) is 9.36 Å². The molecule has 80 valence electrons. The van der Waals surface area contributed by atoms with Crippen molar-refractivity contribution in [1.82, 2.24) is 0 Å². The molecule has 0 rings (SSSR count). The molecule has 1 N–H and O–H groups in total. The van der Waals surface area contributed by atoms with Gasteiger partial charge in [0.25, 0.3) is 0 Å². The standard InChI is InChI=1S/C6H11N2O5P/c1-3-12-14(11,13-4-2)5(8-7)6(9)10/h3-4H2,1-2H3,(H,9,10). The van der Waals surface area contributed by atoms with Crippen molar-refractivity contribution in [3.05, 3.63) is 5.53 Å². The number of hydrogen-bond donors (Lipinski definition) is 1. The van der Waals surface area contributed by atoms with Crippen molar-refractivity contribution in [3.63, 3.8) is 0 Å². The quantitative estimate of drug-likeness (QED) is 0.311. The van der Waals surface area contributed by atoms with Gasteiger partial charge in [-0.3, -0.25) is 0 Å². The molecule has 0 aromatic carbocycles. The van der Waals surface area contributed by atoms with Crippen LogP contribution in [0.3, 0.4) is 0 Å². The lowest BCUT2D eigenvalue weighted by Crippen LogP contribution is -2.18. The minimum atomic E-state index is -3.99. The molecule has 0 aromatic rings. The first-order chi connectivity index (χ1) is 6.51. The monoisotopic (exact) mass is 222 g/mol. The first kappa shape index (κ1) is 13.0. The maximum Gasteiger partial charge on any atom is 0.484 e. The summed E-state index contributed by atoms with van der Waals surface area (Å²) in [6.45, 7) is 3.01. The Labute approximate surface area is 80.8 Å². The number of carboxylic acids is 1. The van der Waals surface area contributed by atoms with Crippen molar-refractivity contribution >= 4 is 19.0 Å². The molecule has 0 unspecified atom stereocenters. The van der Waals surface area contributed by atoms with Crippen LogP contribution in [0.4, 0.5) is 0 Å². The summed E-state index contributed by atoms with van der Waals surface area (Å²) in [5, 5.41) is 8.54. The van der Waals surface area contributed by atoms with Gasteiger partial charge in [-0.15, -0.1) is 4.79 Å². The smallest absolute Gasteiger partial charge is 0.472 e. The number of rotatable bonds is 6. The number of hydrogen-bond acceptors (Lipinski definition) is 4. The van der Waals surface area contributed by atoms with E-state index in [0.29, 0.717) is 0 Å². The van der Waals surface area contributed by atoms with Crippen LogP contribution in [-0.4, -0.2) is 34.5 Å². The van der Waals surface area contributed by atoms with E-state index in [4.69, 9.17) is 10.6 Å². The van der Waals surface area contributed by atoms with E-state index in [1.807, 2.05) is 0 Å². The Bertz CT molecular complexity index is 299. The lowest BCUT2D eigenvalue weighted by molar-refractivity contribution is -0.133. The Morgan fingerprint density at radius 1 is 1.43 bits per heavy atom. The predicted molar refractivity (Wildman–Crippen MR) is 47.1 cm³/mol. The van der Waals surface area contributed by atoms with Gasteiger partial charge in [0.15, 0.2) is 0 Å². The third-order valence-electron chi connectivity index (χ3n) is 1.14. The molecule has 0 aromatic heterocycles. The van der Waals surface area contributed by atoms with Crippen LogP contribution < -0.4 is 0 Å². The summed E-state index contributed by atoms with van der Waals surface area (Å²) in [4.78, 5) is 12.9. The summed E-state index contributed by atoms with van der Waals surface area (Å²) in [6, 6.07) is 0. The second kappa shape index (κ2) is 5.67. The van der Waals surface area contributed by atoms with Crippen molar-refractivity contribution in [3.8, 4) is 0 Å². The molecule has 0 fully saturated rings. The van der Waals surface area contributed by atoms with Crippen LogP contribution in [-0.2, 0) is 18.4 Å². The number of carboxylic acid groups (broad SMARTS) is 1. The van der Waals surface area contributed by atoms with Gasteiger partial charge in [0.1, 0.15) is 0 Å². The van der Waals surface area contributed by atoms with Crippen LogP contribution in [0.15, 0.2) is 0 Å². The molecule has 0 heterocycles. The van der Waals surface area contributed by atoms with Crippen LogP contribution >= 0.6 is 7.60 Å². The van der Waals surface area contributed by atoms with E-state index in [1.54, 1.807) is 0 Å². The van der Waals surface area contributed by atoms with Crippen LogP contribution in [0, 0.1) is 0 Å². The second-order valence-electron chi connectivity index (χ2n) is 2.06. The lowest BCUT2D eigenvalue weighted by atomic mass is 10.8. The summed E-state index contributed by atoms with van der Waals surface area (Å²) in [5.74, 6) is -1.64. The third kappa shape index (κ3) is 3.05. The molecular formula is C6H11N2O5P. The van der Waals surface area contributed by atoms with E-state index >= 15 is 0 Å². The zero-order chi connectivity index (χ0) is 11.2. The molecule has 0 amide bonds. The van der Waals surface area contributed by atoms with E-state index in [2.05, 4.69) is 13.8 Å². The molecule has 0 bridgehead atoms. The van der Waals surface area contributed by atoms with Crippen molar-refractivity contribution in [2.75, 3.05) is 13.2 Å². The highest BCUT2D eigenvalue weighted by Crippen LogP contribution is 2.48. The van der Waals surface area contributed by atoms with E-state index in [1.165, 1.54) is 13.8 Å². The average molecular weight is 222 g/mol. The van der Waals surface area contributed by atoms with Gasteiger partial charge >= 0.3 is 19.0 Å². The fourth-order valence-corrected chi connectivity index (χ4v) is 2.06. The van der Waals surface area contributed by atoms with Crippen LogP contribution in [0.1, 0.15) is 13.8 Å². The highest BCUT2D eigenvalue weighted by atomic mass is 31.2. The second-order valence-corrected chi connectivity index (χ2v) is 4.00. The summed E-state index contributed by atoms with van der Waals surface area (Å²) in [7, 11) is -3.99. The van der Waals surface area contributed by atoms with Crippen molar-refractivity contribution in [2.45, 2.75) is 13.8 Å². The maximum atomic E-state index is 11.7. The van der Waals surface area contributed by atoms with Gasteiger partial charge in [0.2, 0.25) is 0 Å². The summed E-state index contributed by atoms with van der Waals surface area (Å²) >= 11 is 0. The van der Waals surface area contributed by atoms with Gasteiger partial charge in [-0.2, -0.15) is 0 Å². The van der Waals surface area contributed by atoms with Gasteiger partial charge in [-0.05, 0) is 13.8 Å². The average Bonchev–Trinajstić information content (AvgIpc) is 2.04. The van der Waals surface area contributed by atoms with E-state index in [0.717, 1.165) is 0 Å². The van der Waals surface area contributed by atoms with Gasteiger partial charge in [-0.25, -0.2) is 9.36 Å². The van der Waals surface area contributed by atoms with Gasteiger partial charge < -0.3 is 19.7 Å². The Hall–Kier alpha value is -1.00. The molecule has 7 nitrogen and oxygen atoms in total. The molecule has 0 atom stereocenters. The van der Waals surface area contributed by atoms with E-state index < -0.39 is 19.0 Å². The van der Waals surface area contributed by atoms with E-state index in [-0.39, 0.29) is 13.2 Å². The molecule has 14 heavy (non-hydrogen) atoms. The van der Waals surface area contributed by atoms with Crippen LogP contribution in [0.2, 0.25) is 0 Å². The number of aliphatic carboxylic acids is 1. The maximum absolute atomic E-state index is 11.7. The van der Waals surface area contributed by atoms with Gasteiger partial charge in [-0.1, -0.05) is 0 Å². The Morgan fingerprint density at radius 3 is 2.07 bits per heavy atom. The fourth-order valence-electron chi connectivity index (χ4n) is 0.714. The Kier molecular flexibility index (Phi) is 5.27. The van der Waals surface area contributed by atoms with Crippen LogP contribution in [0.5, 0.6) is 0 Å². The van der Waals surface area contributed by atoms with Crippen molar-refractivity contribution in [1.29, 1.82) is 0 Å². The number of carbonyl (C=O) groups is 1. The first-order valence-corrected chi connectivity index (χ1v) is 5.41. The fraction of sp³-hybridized carbons (Fsp3) is 0.667. The van der Waals surface area contributed by atoms with Crippen LogP contribution in [0.25, 0.3) is 5.53 Å². The zero-order valence-corrected chi connectivity index (χ0v) is 8.73. The number of nitrogens with zero attached hydrogens (tertiary/aromatic N) is 2. The minimum Gasteiger partial charge on any atom is -0.472 e. The normalized spacial score (nSPS) is 10.7. The van der Waals surface area contributed by atoms with Gasteiger partial charge in [0, 0.05) is 0 Å². The summed E-state index contributed by atoms with van der Waals surface area (Å²) in [5.41, 5.74) is 7.35. The van der Waals surface area contributed by atoms with Gasteiger partial charge in [0.05, 0.1) is 13.2 Å². The molecule has 0 aliphatic rings. The Balaban J connectivity index is 5.08. The highest BCUT2D eigenvalue weighted by molar-refractivity contribution is 7.74. The third-order valence-corrected chi connectivity index (χ3v) is 3.14. The van der Waals surface area contributed by atoms with Crippen molar-refractivity contribution < 1.29 is 28.3 Å². The predicted octanol–water partition coefficient (Wildman–Crippen LogP) is 0.965. The van der Waals surface area contributed by atoms with Crippen molar-refractivity contribution in [2.24, 2.45) is 0 Å². The molecule has 0 saturated heterocycles. The SMILES string of the molecule is CCOP(=O)(OCC)C(=[N+]=[N-])C(=O)O. The molecule has 0 radical (unpaired) electrons. The highest BCUT2D eigenvalue weighted by Gasteiger charge is 2.45. The molecular weight excluding hydrogens is 211 g/mol. The minimum absolute atomic E-state index is 0.0103. The lowest BCUT2D eigenvalue weighted by Gasteiger charge is -2.09. The first-order valence-electron chi connectivity index (χ1n) is 3.86. The molecule has 0 aliphatic heterocycles. The largest absolute Gasteiger partial charge is 0.484 e. The topological polar surface area (TPSA) is 109 Å². The molecule has 8 heteroatoms. The molecule has 0 saturated carbocycles. The molecule has 0 aliphatic carbocycles. The zero-order valence-electron chi connectivity index (χ0n) is 7.84. The Morgan fingerprint density at radius 2 is 1.86 bits per heavy atom. The summed E-state index contributed by atoms with van der Waals surface area (Å²) in [6.07, 6.45) is 0.